The maximum Gasteiger partial charge on any atom is 0.358 e. The second-order valence-electron chi connectivity index (χ2n) is 23.6. The van der Waals surface area contributed by atoms with Crippen molar-refractivity contribution in [1.29, 1.82) is 0 Å². The molecule has 0 spiro atoms. The Morgan fingerprint density at radius 2 is 1.55 bits per heavy atom. The number of nitrogens with zero attached hydrogens (tertiary/aromatic N) is 8. The number of nitrogens with two attached hydrogens (primary N) is 1. The second-order valence-corrected chi connectivity index (χ2v) is 27.9. The number of aliphatic hydroxyl groups is 3. The SMILES string of the molecule is C=C(NC(=O)c1csc(-c2nc3c(cc2O)-c2nc(cs2)C(=O)NC(C(C)O)C(=O)N/C(=C(\C)OC)c2nc(cs2)C(=O)NC2c4nc(cs4)C(=O)NC(COC(=O)c4c5c6c(cccc6n4O)COC(=O)C(OC4CC(C)(O)C(N(C)CCO)C(C)O4)C2OC5)c2nc-3cs2)n1)C(N)=O. The van der Waals surface area contributed by atoms with Gasteiger partial charge in [-0.05, 0) is 52.4 Å². The van der Waals surface area contributed by atoms with E-state index in [0.717, 1.165) is 56.7 Å². The minimum atomic E-state index is -1.96. The predicted octanol–water partition coefficient (Wildman–Crippen LogP) is 3.25. The Morgan fingerprint density at radius 3 is 2.27 bits per heavy atom. The highest BCUT2D eigenvalue weighted by molar-refractivity contribution is 7.14. The molecule has 8 aromatic rings. The summed E-state index contributed by atoms with van der Waals surface area (Å²) in [7, 11) is 2.99. The van der Waals surface area contributed by atoms with Crippen molar-refractivity contribution in [3.63, 3.8) is 0 Å². The van der Waals surface area contributed by atoms with Crippen LogP contribution in [-0.2, 0) is 56.0 Å². The minimum absolute atomic E-state index is 0.00850. The topological polar surface area (TPSA) is 465 Å². The van der Waals surface area contributed by atoms with E-state index in [2.05, 4.69) is 48.1 Å². The van der Waals surface area contributed by atoms with Crippen LogP contribution in [0.25, 0.3) is 49.3 Å². The third-order valence-corrected chi connectivity index (χ3v) is 21.2. The number of likely N-dealkylation sites (N-methyl/N-ethyl adjacent to an activating group) is 1. The van der Waals surface area contributed by atoms with Gasteiger partial charge in [-0.15, -0.1) is 56.7 Å². The minimum Gasteiger partial charge on any atom is -0.506 e. The van der Waals surface area contributed by atoms with Crippen LogP contribution < -0.4 is 32.3 Å². The summed E-state index contributed by atoms with van der Waals surface area (Å²) in [4.78, 5) is 144. The van der Waals surface area contributed by atoms with Crippen LogP contribution in [0.3, 0.4) is 0 Å². The molecule has 0 saturated carbocycles. The molecule has 0 radical (unpaired) electrons. The molecule has 4 aliphatic heterocycles. The van der Waals surface area contributed by atoms with E-state index in [1.807, 2.05) is 0 Å². The van der Waals surface area contributed by atoms with Crippen molar-refractivity contribution in [3.8, 4) is 38.4 Å². The normalized spacial score (nSPS) is 23.8. The fraction of sp³-hybridized carbons (Fsp3) is 0.355. The summed E-state index contributed by atoms with van der Waals surface area (Å²) >= 11 is 4.41. The zero-order chi connectivity index (χ0) is 71.3. The number of aromatic nitrogens is 7. The molecule has 33 nitrogen and oxygen atoms in total. The lowest BCUT2D eigenvalue weighted by Crippen LogP contribution is -2.63. The average molecular weight is 1470 g/mol. The number of ether oxygens (including phenoxy) is 6. The van der Waals surface area contributed by atoms with E-state index < -0.39 is 145 Å². The average Bonchev–Trinajstić information content (AvgIpc) is 1.53. The zero-order valence-corrected chi connectivity index (χ0v) is 57.6. The molecular formula is C62H62N14O19S5. The van der Waals surface area contributed by atoms with Gasteiger partial charge in [0, 0.05) is 56.4 Å². The molecule has 12 rings (SSSR count). The highest BCUT2D eigenvalue weighted by atomic mass is 32.1. The zero-order valence-electron chi connectivity index (χ0n) is 53.5. The van der Waals surface area contributed by atoms with Gasteiger partial charge in [0.05, 0.1) is 55.4 Å². The first-order valence-corrected chi connectivity index (χ1v) is 34.8. The molecule has 0 aliphatic carbocycles. The summed E-state index contributed by atoms with van der Waals surface area (Å²) in [6.07, 6.45) is -7.88. The number of thiazole rings is 5. The van der Waals surface area contributed by atoms with Crippen LogP contribution in [0.5, 0.6) is 5.75 Å². The molecule has 10 atom stereocenters. The molecule has 1 aromatic carbocycles. The Balaban J connectivity index is 1.04. The number of aliphatic hydroxyl groups excluding tert-OH is 2. The number of amides is 6. The summed E-state index contributed by atoms with van der Waals surface area (Å²) < 4.78 is 38.2. The number of nitrogens with one attached hydrogen (secondary N) is 5. The number of carbonyl (C=O) groups is 8. The van der Waals surface area contributed by atoms with E-state index in [9.17, 15) is 49.6 Å². The first-order chi connectivity index (χ1) is 47.7. The number of carbonyl (C=O) groups excluding carboxylic acids is 8. The van der Waals surface area contributed by atoms with Gasteiger partial charge in [-0.2, -0.15) is 4.73 Å². The van der Waals surface area contributed by atoms with Crippen molar-refractivity contribution in [2.45, 2.75) is 108 Å². The number of fused-ring (bicyclic) bond motifs is 15. The van der Waals surface area contributed by atoms with Gasteiger partial charge >= 0.3 is 11.9 Å². The number of primary amides is 1. The summed E-state index contributed by atoms with van der Waals surface area (Å²) in [6, 6.07) is 0.397. The van der Waals surface area contributed by atoms with Crippen molar-refractivity contribution in [1.82, 2.24) is 66.1 Å². The van der Waals surface area contributed by atoms with Crippen LogP contribution in [0.15, 0.2) is 69.2 Å². The van der Waals surface area contributed by atoms with Crippen LogP contribution >= 0.6 is 56.7 Å². The van der Waals surface area contributed by atoms with Gasteiger partial charge in [0.15, 0.2) is 18.1 Å². The Hall–Kier alpha value is -9.58. The monoisotopic (exact) mass is 1470 g/mol. The van der Waals surface area contributed by atoms with Gasteiger partial charge in [0.1, 0.15) is 120 Å². The molecule has 7 aromatic heterocycles. The van der Waals surface area contributed by atoms with Crippen molar-refractivity contribution in [3.05, 3.63) is 124 Å². The Bertz CT molecular complexity index is 4650. The van der Waals surface area contributed by atoms with E-state index in [0.29, 0.717) is 4.73 Å². The Kier molecular flexibility index (Phi) is 20.1. The lowest BCUT2D eigenvalue weighted by atomic mass is 9.85. The maximum absolute atomic E-state index is 15.2. The summed E-state index contributed by atoms with van der Waals surface area (Å²) in [5, 5.41) is 77.3. The molecule has 4 aliphatic rings. The molecule has 524 valence electrons. The third kappa shape index (κ3) is 13.9. The quantitative estimate of drug-likeness (QED) is 0.0383. The number of aromatic hydroxyl groups is 1. The highest BCUT2D eigenvalue weighted by Crippen LogP contribution is 2.43. The smallest absolute Gasteiger partial charge is 0.358 e. The van der Waals surface area contributed by atoms with Crippen LogP contribution in [0.1, 0.15) is 125 Å². The van der Waals surface area contributed by atoms with Crippen molar-refractivity contribution < 1.29 is 92.4 Å². The van der Waals surface area contributed by atoms with Crippen LogP contribution in [0.2, 0.25) is 0 Å². The van der Waals surface area contributed by atoms with Crippen LogP contribution in [-0.4, -0.2) is 195 Å². The summed E-state index contributed by atoms with van der Waals surface area (Å²) in [5.74, 6) is -8.39. The number of benzene rings is 1. The van der Waals surface area contributed by atoms with Gasteiger partial charge in [-0.1, -0.05) is 18.7 Å². The fourth-order valence-electron chi connectivity index (χ4n) is 11.9. The number of rotatable bonds is 11. The lowest BCUT2D eigenvalue weighted by Gasteiger charge is -2.49. The number of hydrogen-bond acceptors (Lipinski definition) is 31. The van der Waals surface area contributed by atoms with Gasteiger partial charge < -0.3 is 86.4 Å². The van der Waals surface area contributed by atoms with E-state index in [-0.39, 0.29) is 124 Å². The molecule has 6 amide bonds. The predicted molar refractivity (Wildman–Crippen MR) is 356 cm³/mol. The Morgan fingerprint density at radius 1 is 0.880 bits per heavy atom. The molecular weight excluding hydrogens is 1410 g/mol. The molecule has 12 N–H and O–H groups in total. The van der Waals surface area contributed by atoms with Gasteiger partial charge in [0.2, 0.25) is 5.91 Å². The molecule has 1 saturated heterocycles. The van der Waals surface area contributed by atoms with E-state index in [1.54, 1.807) is 37.9 Å². The van der Waals surface area contributed by atoms with Gasteiger partial charge in [-0.25, -0.2) is 39.5 Å². The second kappa shape index (κ2) is 28.6. The first kappa shape index (κ1) is 70.3. The fourth-order valence-corrected chi connectivity index (χ4v) is 16.1. The number of pyridine rings is 1. The van der Waals surface area contributed by atoms with Crippen LogP contribution in [0.4, 0.5) is 0 Å². The number of methoxy groups -OCH3 is 1. The van der Waals surface area contributed by atoms with E-state index in [4.69, 9.17) is 49.1 Å². The molecule has 11 heterocycles. The largest absolute Gasteiger partial charge is 0.506 e. The van der Waals surface area contributed by atoms with E-state index in [1.165, 1.54) is 60.0 Å². The molecule has 38 heteroatoms. The van der Waals surface area contributed by atoms with Gasteiger partial charge in [-0.3, -0.25) is 33.7 Å². The first-order valence-electron chi connectivity index (χ1n) is 30.4. The molecule has 10 unspecified atom stereocenters. The maximum atomic E-state index is 15.2. The molecule has 12 bridgehead atoms. The van der Waals surface area contributed by atoms with Crippen molar-refractivity contribution in [2.24, 2.45) is 5.73 Å². The van der Waals surface area contributed by atoms with Gasteiger partial charge in [0.25, 0.3) is 29.5 Å². The number of cyclic esters (lactones) is 2. The van der Waals surface area contributed by atoms with Crippen LogP contribution in [0, 0.1) is 0 Å². The lowest BCUT2D eigenvalue weighted by molar-refractivity contribution is -0.282. The highest BCUT2D eigenvalue weighted by Gasteiger charge is 2.50. The number of hydrogen-bond donors (Lipinski definition) is 11. The number of esters is 2. The summed E-state index contributed by atoms with van der Waals surface area (Å²) in [5.41, 5.74) is 1.74. The van der Waals surface area contributed by atoms with E-state index >= 15 is 14.4 Å². The number of allylic oxidation sites excluding steroid dienone is 1. The Labute approximate surface area is 585 Å². The standard InChI is InChI=1S/C62H62N14O19S5/c1-23(49(63)80)64-50(81)32-20-99-58(69-32)43-37(79)13-28-42(71-43)31-18-97-56(66-31)30-17-93-60(86)45-29-16-91-46(47(61(87)92-15-27-9-8-10-36(39(27)29)76(45)89)95-38-14-62(5,88)48(26(4)94-38)75(6)11-12-77)44(59-70-33(21-100-59)51(82)65-30)74-53(84)35-22-98-57(68-35)41(25(3)90-7)73-54(85)40(24(2)78)72-52(83)34-19-96-55(28)67-34/h8-10,13,18-22,24,26,30,38,40,44,46-48,77-79,88-89H,1,11-12,14-17H2,2-7H3,(H2,63,80)(H,64,81)(H,65,82)(H,72,83)(H,73,85)(H,74,84)/b41-25+. The molecule has 100 heavy (non-hydrogen) atoms. The molecule has 1 fully saturated rings. The third-order valence-electron chi connectivity index (χ3n) is 16.7. The summed E-state index contributed by atoms with van der Waals surface area (Å²) in [6.45, 7) is 7.43. The van der Waals surface area contributed by atoms with Crippen molar-refractivity contribution >= 4 is 121 Å². The van der Waals surface area contributed by atoms with Crippen molar-refractivity contribution in [2.75, 3.05) is 33.9 Å².